The van der Waals surface area contributed by atoms with Gasteiger partial charge in [-0.2, -0.15) is 0 Å². The molecule has 4 heteroatoms. The van der Waals surface area contributed by atoms with Gasteiger partial charge in [0, 0.05) is 17.8 Å². The van der Waals surface area contributed by atoms with E-state index in [9.17, 15) is 8.78 Å². The zero-order chi connectivity index (χ0) is 10.6. The van der Waals surface area contributed by atoms with Gasteiger partial charge in [-0.05, 0) is 30.0 Å². The van der Waals surface area contributed by atoms with Crippen molar-refractivity contribution in [2.45, 2.75) is 6.42 Å². The van der Waals surface area contributed by atoms with Gasteiger partial charge in [-0.3, -0.25) is 0 Å². The summed E-state index contributed by atoms with van der Waals surface area (Å²) in [5.74, 6) is -0.297. The molecule has 0 aliphatic rings. The van der Waals surface area contributed by atoms with Crippen LogP contribution in [0.5, 0.6) is 0 Å². The molecule has 0 fully saturated rings. The van der Waals surface area contributed by atoms with Crippen molar-refractivity contribution >= 4 is 23.2 Å². The first-order valence-corrected chi connectivity index (χ1v) is 5.29. The van der Waals surface area contributed by atoms with Gasteiger partial charge in [0.1, 0.15) is 11.6 Å². The van der Waals surface area contributed by atoms with Crippen molar-refractivity contribution in [1.82, 2.24) is 0 Å². The molecule has 1 aromatic rings. The van der Waals surface area contributed by atoms with Crippen LogP contribution in [0.4, 0.5) is 8.78 Å². The molecule has 0 atom stereocenters. The van der Waals surface area contributed by atoms with Gasteiger partial charge in [0.25, 0.3) is 0 Å². The van der Waals surface area contributed by atoms with Gasteiger partial charge in [-0.25, -0.2) is 8.78 Å². The maximum Gasteiger partial charge on any atom is 0.126 e. The van der Waals surface area contributed by atoms with E-state index in [2.05, 4.69) is 0 Å². The summed E-state index contributed by atoms with van der Waals surface area (Å²) in [6, 6.07) is 3.45. The lowest BCUT2D eigenvalue weighted by atomic mass is 10.0. The first kappa shape index (κ1) is 11.7. The largest absolute Gasteiger partial charge is 0.207 e. The van der Waals surface area contributed by atoms with Crippen LogP contribution in [0.3, 0.4) is 0 Å². The molecule has 0 radical (unpaired) electrons. The maximum atomic E-state index is 12.8. The Balaban J connectivity index is 2.75. The van der Waals surface area contributed by atoms with Gasteiger partial charge in [0.15, 0.2) is 0 Å². The monoisotopic (exact) mass is 238 g/mol. The maximum absolute atomic E-state index is 12.8. The molecule has 1 rings (SSSR count). The van der Waals surface area contributed by atoms with E-state index in [0.29, 0.717) is 23.7 Å². The fourth-order valence-electron chi connectivity index (χ4n) is 1.21. The van der Waals surface area contributed by atoms with Gasteiger partial charge in [0.2, 0.25) is 0 Å². The third kappa shape index (κ3) is 3.43. The van der Waals surface area contributed by atoms with Crippen molar-refractivity contribution in [1.29, 1.82) is 0 Å². The van der Waals surface area contributed by atoms with Crippen LogP contribution in [0, 0.1) is 17.6 Å². The normalized spacial score (nSPS) is 10.9. The summed E-state index contributed by atoms with van der Waals surface area (Å²) < 4.78 is 25.6. The summed E-state index contributed by atoms with van der Waals surface area (Å²) in [6.07, 6.45) is 0.502. The summed E-state index contributed by atoms with van der Waals surface area (Å²) in [6.45, 7) is 0. The smallest absolute Gasteiger partial charge is 0.126 e. The molecule has 0 saturated heterocycles. The molecule has 78 valence electrons. The van der Waals surface area contributed by atoms with E-state index >= 15 is 0 Å². The van der Waals surface area contributed by atoms with Gasteiger partial charge in [-0.15, -0.1) is 23.2 Å². The SMILES string of the molecule is Fc1cc(F)cc(CC(CCl)CCl)c1. The molecule has 1 aromatic carbocycles. The van der Waals surface area contributed by atoms with E-state index in [4.69, 9.17) is 23.2 Å². The lowest BCUT2D eigenvalue weighted by Crippen LogP contribution is -2.08. The first-order chi connectivity index (χ1) is 6.65. The van der Waals surface area contributed by atoms with Gasteiger partial charge in [-0.1, -0.05) is 0 Å². The van der Waals surface area contributed by atoms with Crippen LogP contribution in [-0.2, 0) is 6.42 Å². The summed E-state index contributed by atoms with van der Waals surface area (Å²) in [5.41, 5.74) is 0.591. The number of hydrogen-bond donors (Lipinski definition) is 0. The highest BCUT2D eigenvalue weighted by Crippen LogP contribution is 2.15. The van der Waals surface area contributed by atoms with Gasteiger partial charge >= 0.3 is 0 Å². The van der Waals surface area contributed by atoms with Crippen LogP contribution in [0.25, 0.3) is 0 Å². The van der Waals surface area contributed by atoms with Crippen LogP contribution >= 0.6 is 23.2 Å². The molecule has 0 unspecified atom stereocenters. The zero-order valence-electron chi connectivity index (χ0n) is 7.44. The predicted octanol–water partition coefficient (Wildman–Crippen LogP) is 3.60. The second-order valence-electron chi connectivity index (χ2n) is 3.16. The van der Waals surface area contributed by atoms with Crippen LogP contribution in [-0.4, -0.2) is 11.8 Å². The fourth-order valence-corrected chi connectivity index (χ4v) is 1.76. The van der Waals surface area contributed by atoms with Crippen molar-refractivity contribution in [3.8, 4) is 0 Å². The Bertz CT molecular complexity index is 278. The van der Waals surface area contributed by atoms with Crippen LogP contribution in [0.2, 0.25) is 0 Å². The first-order valence-electron chi connectivity index (χ1n) is 4.22. The van der Waals surface area contributed by atoms with Crippen LogP contribution in [0.15, 0.2) is 18.2 Å². The summed E-state index contributed by atoms with van der Waals surface area (Å²) in [4.78, 5) is 0. The Morgan fingerprint density at radius 2 is 1.50 bits per heavy atom. The third-order valence-corrected chi connectivity index (χ3v) is 2.76. The summed E-state index contributed by atoms with van der Waals surface area (Å²) in [7, 11) is 0. The van der Waals surface area contributed by atoms with Gasteiger partial charge in [0.05, 0.1) is 0 Å². The molecule has 0 amide bonds. The standard InChI is InChI=1S/C10H10Cl2F2/c11-5-8(6-12)1-7-2-9(13)4-10(14)3-7/h2-4,8H,1,5-6H2. The molecule has 0 heterocycles. The molecule has 0 bridgehead atoms. The highest BCUT2D eigenvalue weighted by Gasteiger charge is 2.08. The summed E-state index contributed by atoms with van der Waals surface area (Å²) in [5, 5.41) is 0. The van der Waals surface area contributed by atoms with E-state index in [1.54, 1.807) is 0 Å². The second-order valence-corrected chi connectivity index (χ2v) is 3.77. The minimum absolute atomic E-state index is 0.0551. The van der Waals surface area contributed by atoms with E-state index in [1.165, 1.54) is 12.1 Å². The number of rotatable bonds is 4. The number of benzene rings is 1. The molecule has 0 nitrogen and oxygen atoms in total. The molecule has 0 spiro atoms. The van der Waals surface area contributed by atoms with Gasteiger partial charge < -0.3 is 0 Å². The number of halogens is 4. The second kappa shape index (κ2) is 5.52. The van der Waals surface area contributed by atoms with E-state index in [0.717, 1.165) is 6.07 Å². The molecular formula is C10H10Cl2F2. The number of hydrogen-bond acceptors (Lipinski definition) is 0. The molecule has 14 heavy (non-hydrogen) atoms. The average Bonchev–Trinajstić information content (AvgIpc) is 2.12. The van der Waals surface area contributed by atoms with Crippen molar-refractivity contribution in [2.75, 3.05) is 11.8 Å². The quantitative estimate of drug-likeness (QED) is 0.704. The highest BCUT2D eigenvalue weighted by molar-refractivity contribution is 6.20. The molecule has 0 N–H and O–H groups in total. The molecular weight excluding hydrogens is 229 g/mol. The molecule has 0 aromatic heterocycles. The molecule has 0 saturated carbocycles. The Labute approximate surface area is 91.8 Å². The Hall–Kier alpha value is -0.340. The van der Waals surface area contributed by atoms with E-state index in [-0.39, 0.29) is 5.92 Å². The van der Waals surface area contributed by atoms with Crippen LogP contribution < -0.4 is 0 Å². The Morgan fingerprint density at radius 1 is 1.00 bits per heavy atom. The van der Waals surface area contributed by atoms with Crippen molar-refractivity contribution in [3.63, 3.8) is 0 Å². The topological polar surface area (TPSA) is 0 Å². The van der Waals surface area contributed by atoms with E-state index in [1.807, 2.05) is 0 Å². The summed E-state index contributed by atoms with van der Waals surface area (Å²) >= 11 is 11.3. The minimum Gasteiger partial charge on any atom is -0.207 e. The molecule has 0 aliphatic heterocycles. The van der Waals surface area contributed by atoms with Crippen molar-refractivity contribution in [2.24, 2.45) is 5.92 Å². The van der Waals surface area contributed by atoms with E-state index < -0.39 is 11.6 Å². The zero-order valence-corrected chi connectivity index (χ0v) is 8.95. The molecule has 0 aliphatic carbocycles. The highest BCUT2D eigenvalue weighted by atomic mass is 35.5. The lowest BCUT2D eigenvalue weighted by molar-refractivity contribution is 0.573. The minimum atomic E-state index is -0.567. The lowest BCUT2D eigenvalue weighted by Gasteiger charge is -2.09. The Kier molecular flexibility index (Phi) is 4.63. The van der Waals surface area contributed by atoms with Crippen molar-refractivity contribution in [3.05, 3.63) is 35.4 Å². The fraction of sp³-hybridized carbons (Fsp3) is 0.400. The van der Waals surface area contributed by atoms with Crippen LogP contribution in [0.1, 0.15) is 5.56 Å². The number of alkyl halides is 2. The third-order valence-electron chi connectivity index (χ3n) is 1.88. The Morgan fingerprint density at radius 3 is 1.93 bits per heavy atom. The average molecular weight is 239 g/mol. The predicted molar refractivity (Wildman–Crippen MR) is 55.0 cm³/mol. The van der Waals surface area contributed by atoms with Crippen molar-refractivity contribution < 1.29 is 8.78 Å².